The van der Waals surface area contributed by atoms with E-state index in [9.17, 15) is 9.59 Å². The van der Waals surface area contributed by atoms with Crippen LogP contribution in [0.3, 0.4) is 0 Å². The molecule has 3 heterocycles. The Labute approximate surface area is 154 Å². The van der Waals surface area contributed by atoms with Crippen molar-refractivity contribution in [1.82, 2.24) is 19.7 Å². The zero-order valence-corrected chi connectivity index (χ0v) is 15.5. The molecule has 1 N–H and O–H groups in total. The number of amides is 2. The van der Waals surface area contributed by atoms with Gasteiger partial charge in [-0.1, -0.05) is 0 Å². The maximum atomic E-state index is 12.6. The first-order valence-corrected chi connectivity index (χ1v) is 9.11. The van der Waals surface area contributed by atoms with E-state index >= 15 is 0 Å². The molecule has 1 aromatic heterocycles. The lowest BCUT2D eigenvalue weighted by molar-refractivity contribution is -0.123. The molecule has 25 heavy (non-hydrogen) atoms. The quantitative estimate of drug-likeness (QED) is 0.878. The van der Waals surface area contributed by atoms with Crippen molar-refractivity contribution in [2.75, 3.05) is 19.6 Å². The number of carbonyl (C=O) groups excluding carboxylic acids is 2. The standard InChI is InChI=1S/C18H26N4O2.ClH/c1-13-10-21-9-3-5-16(21)18(24)22(13)12-17(23)19-14-4-2-8-20(11-14)15-6-7-15;/h3,5,9,13-15H,2,4,6-8,10-12H2,1H3,(H,19,23);1H/t13?,14-;/m1./s1. The predicted octanol–water partition coefficient (Wildman–Crippen LogP) is 1.50. The second kappa shape index (κ2) is 7.38. The largest absolute Gasteiger partial charge is 0.351 e. The molecule has 0 spiro atoms. The van der Waals surface area contributed by atoms with E-state index in [1.165, 1.54) is 12.8 Å². The van der Waals surface area contributed by atoms with Gasteiger partial charge in [0.25, 0.3) is 5.91 Å². The highest BCUT2D eigenvalue weighted by molar-refractivity contribution is 5.96. The number of carbonyl (C=O) groups is 2. The molecule has 2 atom stereocenters. The number of piperidine rings is 1. The van der Waals surface area contributed by atoms with Gasteiger partial charge in [-0.25, -0.2) is 0 Å². The van der Waals surface area contributed by atoms with Crippen LogP contribution in [0, 0.1) is 0 Å². The highest BCUT2D eigenvalue weighted by Crippen LogP contribution is 2.29. The van der Waals surface area contributed by atoms with Crippen molar-refractivity contribution < 1.29 is 9.59 Å². The Kier molecular flexibility index (Phi) is 5.39. The number of likely N-dealkylation sites (tertiary alicyclic amines) is 1. The average molecular weight is 367 g/mol. The molecule has 7 heteroatoms. The van der Waals surface area contributed by atoms with Crippen LogP contribution in [0.2, 0.25) is 0 Å². The van der Waals surface area contributed by atoms with Gasteiger partial charge in [-0.3, -0.25) is 14.5 Å². The number of rotatable bonds is 4. The fourth-order valence-corrected chi connectivity index (χ4v) is 4.05. The van der Waals surface area contributed by atoms with Crippen molar-refractivity contribution in [3.05, 3.63) is 24.0 Å². The van der Waals surface area contributed by atoms with Crippen molar-refractivity contribution in [1.29, 1.82) is 0 Å². The third-order valence-corrected chi connectivity index (χ3v) is 5.50. The molecular formula is C18H27ClN4O2. The van der Waals surface area contributed by atoms with Crippen LogP contribution >= 0.6 is 12.4 Å². The zero-order chi connectivity index (χ0) is 16.7. The molecular weight excluding hydrogens is 340 g/mol. The number of fused-ring (bicyclic) bond motifs is 1. The molecule has 1 saturated heterocycles. The molecule has 2 amide bonds. The minimum atomic E-state index is -0.0443. The van der Waals surface area contributed by atoms with Crippen LogP contribution in [0.15, 0.2) is 18.3 Å². The van der Waals surface area contributed by atoms with Crippen LogP contribution in [0.1, 0.15) is 43.1 Å². The second-order valence-corrected chi connectivity index (χ2v) is 7.46. The molecule has 0 bridgehead atoms. The van der Waals surface area contributed by atoms with Crippen molar-refractivity contribution in [2.24, 2.45) is 0 Å². The summed E-state index contributed by atoms with van der Waals surface area (Å²) in [5, 5.41) is 3.16. The number of hydrogen-bond acceptors (Lipinski definition) is 3. The van der Waals surface area contributed by atoms with E-state index < -0.39 is 0 Å². The Hall–Kier alpha value is -1.53. The molecule has 2 fully saturated rings. The molecule has 3 aliphatic rings. The summed E-state index contributed by atoms with van der Waals surface area (Å²) in [4.78, 5) is 29.3. The van der Waals surface area contributed by atoms with Gasteiger partial charge in [-0.15, -0.1) is 12.4 Å². The average Bonchev–Trinajstić information content (AvgIpc) is 3.31. The molecule has 2 aliphatic heterocycles. The fourth-order valence-electron chi connectivity index (χ4n) is 4.05. The lowest BCUT2D eigenvalue weighted by Gasteiger charge is -2.36. The summed E-state index contributed by atoms with van der Waals surface area (Å²) in [6, 6.07) is 4.73. The Bertz CT molecular complexity index is 643. The smallest absolute Gasteiger partial charge is 0.271 e. The molecule has 0 radical (unpaired) electrons. The van der Waals surface area contributed by atoms with Crippen LogP contribution in [0.25, 0.3) is 0 Å². The van der Waals surface area contributed by atoms with E-state index in [2.05, 4.69) is 10.2 Å². The Morgan fingerprint density at radius 3 is 2.84 bits per heavy atom. The van der Waals surface area contributed by atoms with Gasteiger partial charge in [0.2, 0.25) is 5.91 Å². The van der Waals surface area contributed by atoms with Crippen molar-refractivity contribution in [3.8, 4) is 0 Å². The molecule has 0 aromatic carbocycles. The Morgan fingerprint density at radius 2 is 2.08 bits per heavy atom. The maximum absolute atomic E-state index is 12.6. The first-order chi connectivity index (χ1) is 11.6. The van der Waals surface area contributed by atoms with Gasteiger partial charge in [0, 0.05) is 37.4 Å². The van der Waals surface area contributed by atoms with Crippen molar-refractivity contribution in [3.63, 3.8) is 0 Å². The molecule has 1 saturated carbocycles. The number of aromatic nitrogens is 1. The number of halogens is 1. The molecule has 1 aromatic rings. The van der Waals surface area contributed by atoms with Crippen LogP contribution in [0.5, 0.6) is 0 Å². The lowest BCUT2D eigenvalue weighted by atomic mass is 10.1. The predicted molar refractivity (Wildman–Crippen MR) is 97.9 cm³/mol. The summed E-state index contributed by atoms with van der Waals surface area (Å²) in [5.41, 5.74) is 0.679. The minimum absolute atomic E-state index is 0. The van der Waals surface area contributed by atoms with Crippen LogP contribution in [-0.4, -0.2) is 63.9 Å². The highest BCUT2D eigenvalue weighted by Gasteiger charge is 2.34. The number of nitrogens with zero attached hydrogens (tertiary/aromatic N) is 3. The molecule has 138 valence electrons. The summed E-state index contributed by atoms with van der Waals surface area (Å²) in [5.74, 6) is -0.0741. The summed E-state index contributed by atoms with van der Waals surface area (Å²) < 4.78 is 1.97. The van der Waals surface area contributed by atoms with Crippen molar-refractivity contribution in [2.45, 2.75) is 57.3 Å². The summed E-state index contributed by atoms with van der Waals surface area (Å²) in [7, 11) is 0. The van der Waals surface area contributed by atoms with E-state index in [0.29, 0.717) is 5.69 Å². The highest BCUT2D eigenvalue weighted by atomic mass is 35.5. The zero-order valence-electron chi connectivity index (χ0n) is 14.7. The van der Waals surface area contributed by atoms with Crippen LogP contribution < -0.4 is 5.32 Å². The van der Waals surface area contributed by atoms with E-state index in [1.807, 2.05) is 29.8 Å². The van der Waals surface area contributed by atoms with E-state index in [0.717, 1.165) is 38.5 Å². The third-order valence-electron chi connectivity index (χ3n) is 5.50. The van der Waals surface area contributed by atoms with Crippen molar-refractivity contribution >= 4 is 24.2 Å². The van der Waals surface area contributed by atoms with Crippen LogP contribution in [0.4, 0.5) is 0 Å². The minimum Gasteiger partial charge on any atom is -0.351 e. The summed E-state index contributed by atoms with van der Waals surface area (Å²) in [6.07, 6.45) is 6.73. The van der Waals surface area contributed by atoms with Gasteiger partial charge < -0.3 is 14.8 Å². The Balaban J connectivity index is 0.00000182. The van der Waals surface area contributed by atoms with Gasteiger partial charge in [0.05, 0.1) is 0 Å². The number of hydrogen-bond donors (Lipinski definition) is 1. The van der Waals surface area contributed by atoms with Gasteiger partial charge in [0.15, 0.2) is 0 Å². The van der Waals surface area contributed by atoms with Crippen LogP contribution in [-0.2, 0) is 11.3 Å². The third kappa shape index (κ3) is 3.85. The van der Waals surface area contributed by atoms with Gasteiger partial charge in [0.1, 0.15) is 12.2 Å². The Morgan fingerprint density at radius 1 is 1.28 bits per heavy atom. The van der Waals surface area contributed by atoms with Gasteiger partial charge in [-0.05, 0) is 51.3 Å². The van der Waals surface area contributed by atoms with Gasteiger partial charge >= 0.3 is 0 Å². The molecule has 4 rings (SSSR count). The van der Waals surface area contributed by atoms with Gasteiger partial charge in [-0.2, -0.15) is 0 Å². The van der Waals surface area contributed by atoms with E-state index in [1.54, 1.807) is 4.90 Å². The topological polar surface area (TPSA) is 57.6 Å². The van der Waals surface area contributed by atoms with E-state index in [-0.39, 0.29) is 42.8 Å². The van der Waals surface area contributed by atoms with E-state index in [4.69, 9.17) is 0 Å². The lowest BCUT2D eigenvalue weighted by Crippen LogP contribution is -2.54. The normalized spacial score (nSPS) is 26.8. The fraction of sp³-hybridized carbons (Fsp3) is 0.667. The first kappa shape index (κ1) is 18.3. The maximum Gasteiger partial charge on any atom is 0.271 e. The molecule has 6 nitrogen and oxygen atoms in total. The molecule has 1 unspecified atom stereocenters. The first-order valence-electron chi connectivity index (χ1n) is 9.11. The summed E-state index contributed by atoms with van der Waals surface area (Å²) >= 11 is 0. The second-order valence-electron chi connectivity index (χ2n) is 7.46. The SMILES string of the molecule is CC1Cn2cccc2C(=O)N1CC(=O)N[C@@H]1CCCN(C2CC2)C1.Cl. The molecule has 1 aliphatic carbocycles. The monoisotopic (exact) mass is 366 g/mol. The number of nitrogens with one attached hydrogen (secondary N) is 1. The summed E-state index contributed by atoms with van der Waals surface area (Å²) in [6.45, 7) is 5.04.